The average molecular weight is 304 g/mol. The summed E-state index contributed by atoms with van der Waals surface area (Å²) in [7, 11) is 0. The highest BCUT2D eigenvalue weighted by Gasteiger charge is 2.35. The molecule has 0 unspecified atom stereocenters. The van der Waals surface area contributed by atoms with Crippen LogP contribution in [0.15, 0.2) is 42.5 Å². The monoisotopic (exact) mass is 304 g/mol. The fourth-order valence-electron chi connectivity index (χ4n) is 2.27. The predicted octanol–water partition coefficient (Wildman–Crippen LogP) is 0.995. The zero-order valence-electron chi connectivity index (χ0n) is 11.8. The van der Waals surface area contributed by atoms with Crippen LogP contribution in [0.25, 0.3) is 0 Å². The number of cyclic esters (lactones) is 1. The second kappa shape index (κ2) is 6.72. The summed E-state index contributed by atoms with van der Waals surface area (Å²) in [4.78, 5) is 22.9. The highest BCUT2D eigenvalue weighted by Crippen LogP contribution is 2.18. The Balaban J connectivity index is 1.51. The lowest BCUT2D eigenvalue weighted by Crippen LogP contribution is -2.35. The van der Waals surface area contributed by atoms with Gasteiger partial charge in [0.2, 0.25) is 6.10 Å². The highest BCUT2D eigenvalue weighted by atomic mass is 16.6. The Kier molecular flexibility index (Phi) is 4.50. The van der Waals surface area contributed by atoms with Crippen molar-refractivity contribution in [1.29, 1.82) is 0 Å². The smallest absolute Gasteiger partial charge is 0.352 e. The summed E-state index contributed by atoms with van der Waals surface area (Å²) < 4.78 is 21.2. The Morgan fingerprint density at radius 2 is 1.95 bits per heavy atom. The summed E-state index contributed by atoms with van der Waals surface area (Å²) in [5, 5.41) is 0. The maximum atomic E-state index is 11.9. The Morgan fingerprint density at radius 3 is 2.68 bits per heavy atom. The number of ether oxygens (including phenoxy) is 4. The maximum absolute atomic E-state index is 11.9. The topological polar surface area (TPSA) is 71.1 Å². The van der Waals surface area contributed by atoms with E-state index in [0.717, 1.165) is 5.56 Å². The molecule has 1 fully saturated rings. The third-order valence-corrected chi connectivity index (χ3v) is 3.44. The number of hydrogen-bond donors (Lipinski definition) is 0. The molecule has 0 aromatic heterocycles. The zero-order chi connectivity index (χ0) is 15.4. The SMILES string of the molecule is O=C1C=C[C@@H](C(=O)O[C@@H]2COC[C@@H]2OCc2ccccc2)O1. The second-order valence-electron chi connectivity index (χ2n) is 5.06. The van der Waals surface area contributed by atoms with Gasteiger partial charge in [0.05, 0.1) is 19.8 Å². The molecule has 6 heteroatoms. The molecule has 0 bridgehead atoms. The molecule has 0 N–H and O–H groups in total. The van der Waals surface area contributed by atoms with Crippen LogP contribution in [-0.2, 0) is 35.1 Å². The molecule has 0 saturated carbocycles. The molecule has 2 aliphatic rings. The normalized spacial score (nSPS) is 26.9. The van der Waals surface area contributed by atoms with Gasteiger partial charge in [0, 0.05) is 6.08 Å². The first kappa shape index (κ1) is 14.7. The molecule has 0 amide bonds. The van der Waals surface area contributed by atoms with E-state index in [1.54, 1.807) is 0 Å². The first-order chi connectivity index (χ1) is 10.7. The van der Waals surface area contributed by atoms with Crippen LogP contribution in [0.1, 0.15) is 5.56 Å². The molecular weight excluding hydrogens is 288 g/mol. The third-order valence-electron chi connectivity index (χ3n) is 3.44. The van der Waals surface area contributed by atoms with Gasteiger partial charge in [-0.3, -0.25) is 0 Å². The van der Waals surface area contributed by atoms with E-state index < -0.39 is 24.1 Å². The van der Waals surface area contributed by atoms with E-state index >= 15 is 0 Å². The number of benzene rings is 1. The average Bonchev–Trinajstić information content (AvgIpc) is 3.15. The van der Waals surface area contributed by atoms with Crippen LogP contribution in [-0.4, -0.2) is 43.5 Å². The molecule has 0 spiro atoms. The summed E-state index contributed by atoms with van der Waals surface area (Å²) in [6, 6.07) is 9.71. The van der Waals surface area contributed by atoms with Crippen LogP contribution in [0.2, 0.25) is 0 Å². The van der Waals surface area contributed by atoms with Crippen LogP contribution in [0.3, 0.4) is 0 Å². The van der Waals surface area contributed by atoms with Crippen LogP contribution in [0.4, 0.5) is 0 Å². The summed E-state index contributed by atoms with van der Waals surface area (Å²) in [5.41, 5.74) is 1.03. The van der Waals surface area contributed by atoms with E-state index in [4.69, 9.17) is 18.9 Å². The Labute approximate surface area is 127 Å². The second-order valence-corrected chi connectivity index (χ2v) is 5.06. The number of hydrogen-bond acceptors (Lipinski definition) is 6. The highest BCUT2D eigenvalue weighted by molar-refractivity contribution is 5.91. The molecule has 1 aromatic rings. The number of carbonyl (C=O) groups is 2. The minimum absolute atomic E-state index is 0.273. The van der Waals surface area contributed by atoms with Gasteiger partial charge in [-0.15, -0.1) is 0 Å². The Morgan fingerprint density at radius 1 is 1.18 bits per heavy atom. The summed E-state index contributed by atoms with van der Waals surface area (Å²) in [6.07, 6.45) is 0.790. The van der Waals surface area contributed by atoms with Crippen LogP contribution >= 0.6 is 0 Å². The number of rotatable bonds is 5. The molecule has 0 radical (unpaired) electrons. The van der Waals surface area contributed by atoms with Crippen molar-refractivity contribution in [1.82, 2.24) is 0 Å². The summed E-state index contributed by atoms with van der Waals surface area (Å²) in [5.74, 6) is -1.15. The van der Waals surface area contributed by atoms with E-state index in [1.807, 2.05) is 30.3 Å². The van der Waals surface area contributed by atoms with E-state index in [9.17, 15) is 9.59 Å². The van der Waals surface area contributed by atoms with Gasteiger partial charge in [-0.25, -0.2) is 9.59 Å². The fraction of sp³-hybridized carbons (Fsp3) is 0.375. The van der Waals surface area contributed by atoms with Gasteiger partial charge in [0.15, 0.2) is 6.10 Å². The van der Waals surface area contributed by atoms with Crippen LogP contribution in [0, 0.1) is 0 Å². The van der Waals surface area contributed by atoms with Crippen molar-refractivity contribution >= 4 is 11.9 Å². The zero-order valence-corrected chi connectivity index (χ0v) is 11.8. The quantitative estimate of drug-likeness (QED) is 0.756. The van der Waals surface area contributed by atoms with Crippen molar-refractivity contribution in [2.45, 2.75) is 24.9 Å². The molecule has 6 nitrogen and oxygen atoms in total. The molecule has 3 rings (SSSR count). The van der Waals surface area contributed by atoms with E-state index in [1.165, 1.54) is 12.2 Å². The maximum Gasteiger partial charge on any atom is 0.352 e. The van der Waals surface area contributed by atoms with Crippen molar-refractivity contribution in [3.8, 4) is 0 Å². The first-order valence-electron chi connectivity index (χ1n) is 7.05. The molecule has 2 heterocycles. The minimum atomic E-state index is -0.970. The van der Waals surface area contributed by atoms with Crippen molar-refractivity contribution in [3.05, 3.63) is 48.0 Å². The standard InChI is InChI=1S/C16H16O6/c17-15-7-6-12(21-15)16(18)22-14-10-19-9-13(14)20-8-11-4-2-1-3-5-11/h1-7,12-14H,8-10H2/t12-,13-,14+/m0/s1. The minimum Gasteiger partial charge on any atom is -0.454 e. The molecule has 1 saturated heterocycles. The van der Waals surface area contributed by atoms with E-state index in [2.05, 4.69) is 0 Å². The summed E-state index contributed by atoms with van der Waals surface area (Å²) >= 11 is 0. The van der Waals surface area contributed by atoms with Crippen molar-refractivity contribution in [2.75, 3.05) is 13.2 Å². The Bertz CT molecular complexity index is 567. The van der Waals surface area contributed by atoms with Crippen LogP contribution < -0.4 is 0 Å². The van der Waals surface area contributed by atoms with Gasteiger partial charge in [-0.1, -0.05) is 30.3 Å². The summed E-state index contributed by atoms with van der Waals surface area (Å²) in [6.45, 7) is 1.06. The van der Waals surface area contributed by atoms with Crippen molar-refractivity contribution in [2.24, 2.45) is 0 Å². The van der Waals surface area contributed by atoms with Gasteiger partial charge < -0.3 is 18.9 Å². The molecule has 1 aromatic carbocycles. The van der Waals surface area contributed by atoms with Crippen molar-refractivity contribution < 1.29 is 28.5 Å². The lowest BCUT2D eigenvalue weighted by atomic mass is 10.2. The molecule has 3 atom stereocenters. The van der Waals surface area contributed by atoms with Gasteiger partial charge in [0.25, 0.3) is 0 Å². The molecule has 2 aliphatic heterocycles. The molecule has 116 valence electrons. The molecule has 0 aliphatic carbocycles. The van der Waals surface area contributed by atoms with E-state index in [0.29, 0.717) is 13.2 Å². The van der Waals surface area contributed by atoms with Gasteiger partial charge >= 0.3 is 11.9 Å². The fourth-order valence-corrected chi connectivity index (χ4v) is 2.27. The van der Waals surface area contributed by atoms with Gasteiger partial charge in [-0.05, 0) is 11.6 Å². The van der Waals surface area contributed by atoms with Gasteiger partial charge in [0.1, 0.15) is 6.10 Å². The van der Waals surface area contributed by atoms with Crippen molar-refractivity contribution in [3.63, 3.8) is 0 Å². The largest absolute Gasteiger partial charge is 0.454 e. The first-order valence-corrected chi connectivity index (χ1v) is 7.05. The molecule has 22 heavy (non-hydrogen) atoms. The number of esters is 2. The van der Waals surface area contributed by atoms with Crippen LogP contribution in [0.5, 0.6) is 0 Å². The predicted molar refractivity (Wildman–Crippen MR) is 74.7 cm³/mol. The lowest BCUT2D eigenvalue weighted by Gasteiger charge is -2.20. The number of carbonyl (C=O) groups excluding carboxylic acids is 2. The van der Waals surface area contributed by atoms with Gasteiger partial charge in [-0.2, -0.15) is 0 Å². The Hall–Kier alpha value is -2.18. The lowest BCUT2D eigenvalue weighted by molar-refractivity contribution is -0.168. The third kappa shape index (κ3) is 3.52. The molecular formula is C16H16O6. The van der Waals surface area contributed by atoms with E-state index in [-0.39, 0.29) is 12.7 Å².